The molecule has 0 N–H and O–H groups in total. The highest BCUT2D eigenvalue weighted by atomic mass is 35.5. The molecule has 0 spiro atoms. The van der Waals surface area contributed by atoms with Gasteiger partial charge < -0.3 is 4.42 Å². The number of hydrogen-bond acceptors (Lipinski definition) is 6. The largest absolute Gasteiger partial charge is 0.422 e. The lowest BCUT2D eigenvalue weighted by Crippen LogP contribution is -2.53. The molecule has 1 aliphatic rings. The molecule has 2 aromatic carbocycles. The standard InChI is InChI=1S/C23H11ClN4O2/c24-15-6-7-16-17-9-18(14-4-2-1-3-5-14)22(10-25,11-26)23(12-27,13-28)20(17)21(29)30-19(16)8-15/h1-8,18H,9H2. The van der Waals surface area contributed by atoms with Gasteiger partial charge in [-0.2, -0.15) is 21.0 Å². The molecule has 0 saturated carbocycles. The fraction of sp³-hybridized carbons (Fsp3) is 0.174. The Morgan fingerprint density at radius 2 is 1.63 bits per heavy atom. The van der Waals surface area contributed by atoms with Crippen molar-refractivity contribution in [2.75, 3.05) is 0 Å². The van der Waals surface area contributed by atoms with Crippen LogP contribution in [0.5, 0.6) is 0 Å². The summed E-state index contributed by atoms with van der Waals surface area (Å²) in [6.45, 7) is 0. The van der Waals surface area contributed by atoms with Crippen molar-refractivity contribution in [2.45, 2.75) is 17.8 Å². The molecule has 1 aromatic heterocycles. The molecule has 0 bridgehead atoms. The van der Waals surface area contributed by atoms with E-state index in [9.17, 15) is 25.8 Å². The van der Waals surface area contributed by atoms with Gasteiger partial charge in [0.05, 0.1) is 29.8 Å². The van der Waals surface area contributed by atoms with Gasteiger partial charge in [0.2, 0.25) is 5.41 Å². The third kappa shape index (κ3) is 2.29. The van der Waals surface area contributed by atoms with Crippen molar-refractivity contribution in [3.63, 3.8) is 0 Å². The smallest absolute Gasteiger partial charge is 0.342 e. The topological polar surface area (TPSA) is 125 Å². The van der Waals surface area contributed by atoms with E-state index in [0.29, 0.717) is 21.5 Å². The zero-order valence-electron chi connectivity index (χ0n) is 15.4. The maximum Gasteiger partial charge on any atom is 0.342 e. The van der Waals surface area contributed by atoms with Crippen molar-refractivity contribution in [1.82, 2.24) is 0 Å². The van der Waals surface area contributed by atoms with Crippen LogP contribution in [0.3, 0.4) is 0 Å². The molecule has 30 heavy (non-hydrogen) atoms. The van der Waals surface area contributed by atoms with Crippen LogP contribution in [0.4, 0.5) is 0 Å². The Kier molecular flexibility index (Phi) is 4.33. The first-order chi connectivity index (χ1) is 14.5. The summed E-state index contributed by atoms with van der Waals surface area (Å²) < 4.78 is 5.36. The Balaban J connectivity index is 2.21. The van der Waals surface area contributed by atoms with Crippen LogP contribution in [0.15, 0.2) is 57.7 Å². The minimum atomic E-state index is -2.33. The minimum absolute atomic E-state index is 0.106. The van der Waals surface area contributed by atoms with E-state index in [1.54, 1.807) is 42.5 Å². The van der Waals surface area contributed by atoms with E-state index in [1.807, 2.05) is 24.3 Å². The molecule has 0 aliphatic heterocycles. The fourth-order valence-corrected chi connectivity index (χ4v) is 4.52. The quantitative estimate of drug-likeness (QED) is 0.556. The van der Waals surface area contributed by atoms with E-state index in [4.69, 9.17) is 16.0 Å². The first-order valence-corrected chi connectivity index (χ1v) is 9.31. The second kappa shape index (κ2) is 6.75. The Bertz CT molecular complexity index is 1390. The van der Waals surface area contributed by atoms with Gasteiger partial charge in [-0.3, -0.25) is 0 Å². The van der Waals surface area contributed by atoms with Gasteiger partial charge in [0, 0.05) is 22.4 Å². The highest BCUT2D eigenvalue weighted by Gasteiger charge is 2.65. The zero-order chi connectivity index (χ0) is 21.5. The maximum atomic E-state index is 13.0. The summed E-state index contributed by atoms with van der Waals surface area (Å²) in [6, 6.07) is 21.0. The monoisotopic (exact) mass is 410 g/mol. The summed E-state index contributed by atoms with van der Waals surface area (Å²) >= 11 is 6.03. The van der Waals surface area contributed by atoms with Gasteiger partial charge in [0.25, 0.3) is 0 Å². The summed E-state index contributed by atoms with van der Waals surface area (Å²) in [6.07, 6.45) is 0.106. The molecule has 7 heteroatoms. The van der Waals surface area contributed by atoms with E-state index >= 15 is 0 Å². The highest BCUT2D eigenvalue weighted by molar-refractivity contribution is 6.31. The summed E-state index contributed by atoms with van der Waals surface area (Å²) in [5, 5.41) is 41.3. The number of halogens is 1. The van der Waals surface area contributed by atoms with Gasteiger partial charge in [0.1, 0.15) is 5.58 Å². The van der Waals surface area contributed by atoms with Crippen LogP contribution in [0.2, 0.25) is 5.02 Å². The molecule has 3 aromatic rings. The van der Waals surface area contributed by atoms with E-state index < -0.39 is 22.4 Å². The van der Waals surface area contributed by atoms with Crippen LogP contribution in [-0.2, 0) is 11.8 Å². The first kappa shape index (κ1) is 19.2. The van der Waals surface area contributed by atoms with Crippen molar-refractivity contribution < 1.29 is 4.42 Å². The van der Waals surface area contributed by atoms with E-state index in [1.165, 1.54) is 6.07 Å². The van der Waals surface area contributed by atoms with E-state index in [0.717, 1.165) is 0 Å². The lowest BCUT2D eigenvalue weighted by Gasteiger charge is -2.42. The maximum absolute atomic E-state index is 13.0. The number of nitrogens with zero attached hydrogens (tertiary/aromatic N) is 4. The van der Waals surface area contributed by atoms with Crippen molar-refractivity contribution in [3.8, 4) is 24.3 Å². The molecule has 1 atom stereocenters. The molecule has 0 amide bonds. The predicted molar refractivity (Wildman–Crippen MR) is 107 cm³/mol. The third-order valence-corrected chi connectivity index (χ3v) is 6.00. The summed E-state index contributed by atoms with van der Waals surface area (Å²) in [7, 11) is 0. The second-order valence-corrected chi connectivity index (χ2v) is 7.49. The average molecular weight is 411 g/mol. The molecule has 0 fully saturated rings. The van der Waals surface area contributed by atoms with Gasteiger partial charge in [-0.1, -0.05) is 41.9 Å². The van der Waals surface area contributed by atoms with Crippen LogP contribution in [0.25, 0.3) is 11.0 Å². The van der Waals surface area contributed by atoms with Crippen molar-refractivity contribution in [1.29, 1.82) is 21.0 Å². The second-order valence-electron chi connectivity index (χ2n) is 7.06. The first-order valence-electron chi connectivity index (χ1n) is 8.93. The summed E-state index contributed by atoms with van der Waals surface area (Å²) in [4.78, 5) is 13.0. The van der Waals surface area contributed by atoms with Gasteiger partial charge >= 0.3 is 5.63 Å². The van der Waals surface area contributed by atoms with Gasteiger partial charge in [0.15, 0.2) is 5.41 Å². The highest BCUT2D eigenvalue weighted by Crippen LogP contribution is 2.56. The number of hydrogen-bond donors (Lipinski definition) is 0. The lowest BCUT2D eigenvalue weighted by molar-refractivity contribution is 0.287. The Labute approximate surface area is 176 Å². The molecule has 0 saturated heterocycles. The normalized spacial score (nSPS) is 18.2. The Morgan fingerprint density at radius 3 is 2.23 bits per heavy atom. The molecular weight excluding hydrogens is 400 g/mol. The van der Waals surface area contributed by atoms with Gasteiger partial charge in [-0.25, -0.2) is 4.79 Å². The van der Waals surface area contributed by atoms with Crippen LogP contribution in [0, 0.1) is 50.7 Å². The Hall–Kier alpha value is -4.10. The predicted octanol–water partition coefficient (Wildman–Crippen LogP) is 4.10. The van der Waals surface area contributed by atoms with Crippen molar-refractivity contribution in [2.24, 2.45) is 5.41 Å². The van der Waals surface area contributed by atoms with Crippen LogP contribution < -0.4 is 5.63 Å². The molecule has 4 rings (SSSR count). The number of benzene rings is 2. The van der Waals surface area contributed by atoms with E-state index in [-0.39, 0.29) is 17.6 Å². The van der Waals surface area contributed by atoms with Crippen LogP contribution >= 0.6 is 11.6 Å². The molecule has 142 valence electrons. The molecule has 1 unspecified atom stereocenters. The Morgan fingerprint density at radius 1 is 0.967 bits per heavy atom. The fourth-order valence-electron chi connectivity index (χ4n) is 4.36. The van der Waals surface area contributed by atoms with Crippen molar-refractivity contribution >= 4 is 22.6 Å². The molecular formula is C23H11ClN4O2. The number of rotatable bonds is 1. The average Bonchev–Trinajstić information content (AvgIpc) is 2.78. The zero-order valence-corrected chi connectivity index (χ0v) is 16.1. The lowest BCUT2D eigenvalue weighted by atomic mass is 9.50. The third-order valence-electron chi connectivity index (χ3n) is 5.76. The summed E-state index contributed by atoms with van der Waals surface area (Å²) in [5.41, 5.74) is -4.38. The molecule has 1 heterocycles. The molecule has 1 aliphatic carbocycles. The van der Waals surface area contributed by atoms with Gasteiger partial charge in [-0.05, 0) is 29.7 Å². The van der Waals surface area contributed by atoms with Crippen molar-refractivity contribution in [3.05, 3.63) is 80.7 Å². The van der Waals surface area contributed by atoms with E-state index in [2.05, 4.69) is 0 Å². The number of nitriles is 4. The molecule has 6 nitrogen and oxygen atoms in total. The SMILES string of the molecule is N#CC1(C#N)c2c(c3ccc(Cl)cc3oc2=O)CC(c2ccccc2)C1(C#N)C#N. The molecule has 0 radical (unpaired) electrons. The van der Waals surface area contributed by atoms with Crippen LogP contribution in [0.1, 0.15) is 22.6 Å². The number of fused-ring (bicyclic) bond motifs is 3. The summed E-state index contributed by atoms with van der Waals surface area (Å²) in [5.74, 6) is -0.818. The minimum Gasteiger partial charge on any atom is -0.422 e. The van der Waals surface area contributed by atoms with Crippen LogP contribution in [-0.4, -0.2) is 0 Å². The van der Waals surface area contributed by atoms with Gasteiger partial charge in [-0.15, -0.1) is 0 Å².